The molecule has 0 unspecified atom stereocenters. The Morgan fingerprint density at radius 3 is 2.61 bits per heavy atom. The predicted octanol–water partition coefficient (Wildman–Crippen LogP) is 2.17. The molecule has 2 aromatic rings. The Morgan fingerprint density at radius 1 is 1.28 bits per heavy atom. The van der Waals surface area contributed by atoms with Crippen LogP contribution >= 0.6 is 0 Å². The quantitative estimate of drug-likeness (QED) is 0.633. The molecule has 0 atom stereocenters. The summed E-state index contributed by atoms with van der Waals surface area (Å²) in [6.07, 6.45) is 1.17. The van der Waals surface area contributed by atoms with E-state index in [0.717, 1.165) is 5.69 Å². The zero-order chi connectivity index (χ0) is 13.0. The maximum atomic E-state index is 10.7. The van der Waals surface area contributed by atoms with Gasteiger partial charge in [-0.05, 0) is 12.1 Å². The number of rotatable bonds is 4. The van der Waals surface area contributed by atoms with Gasteiger partial charge < -0.3 is 10.6 Å². The number of hydrogen-bond donors (Lipinski definition) is 2. The minimum Gasteiger partial charge on any atom is -0.367 e. The van der Waals surface area contributed by atoms with Crippen LogP contribution in [0.1, 0.15) is 0 Å². The van der Waals surface area contributed by atoms with Crippen molar-refractivity contribution in [2.45, 2.75) is 0 Å². The van der Waals surface area contributed by atoms with Crippen LogP contribution in [-0.4, -0.2) is 21.9 Å². The number of hydrogen-bond acceptors (Lipinski definition) is 6. The summed E-state index contributed by atoms with van der Waals surface area (Å²) in [5.74, 6) is 0.476. The standard InChI is InChI=1S/C11H11N5O2/c1-12-10-9(16(17)18)7-13-11(15-10)14-8-5-3-2-4-6-8/h2-7H,1H3,(H2,12,13,14,15). The molecule has 1 heterocycles. The summed E-state index contributed by atoms with van der Waals surface area (Å²) in [4.78, 5) is 18.1. The second-order valence-corrected chi connectivity index (χ2v) is 3.43. The molecule has 7 nitrogen and oxygen atoms in total. The van der Waals surface area contributed by atoms with Crippen molar-refractivity contribution < 1.29 is 4.92 Å². The fraction of sp³-hybridized carbons (Fsp3) is 0.0909. The van der Waals surface area contributed by atoms with Gasteiger partial charge in [-0.15, -0.1) is 0 Å². The number of nitrogens with zero attached hydrogens (tertiary/aromatic N) is 3. The van der Waals surface area contributed by atoms with Crippen LogP contribution in [0.15, 0.2) is 36.5 Å². The van der Waals surface area contributed by atoms with Gasteiger partial charge in [0.05, 0.1) is 4.92 Å². The zero-order valence-corrected chi connectivity index (χ0v) is 9.62. The van der Waals surface area contributed by atoms with Crippen molar-refractivity contribution in [2.75, 3.05) is 17.7 Å². The molecule has 0 aliphatic heterocycles. The average molecular weight is 245 g/mol. The number of nitro groups is 1. The second kappa shape index (κ2) is 5.09. The van der Waals surface area contributed by atoms with Crippen LogP contribution in [0.25, 0.3) is 0 Å². The molecule has 1 aromatic heterocycles. The van der Waals surface area contributed by atoms with Gasteiger partial charge >= 0.3 is 5.69 Å². The number of para-hydroxylation sites is 1. The Morgan fingerprint density at radius 2 is 2.00 bits per heavy atom. The Bertz CT molecular complexity index is 559. The summed E-state index contributed by atoms with van der Waals surface area (Å²) in [6, 6.07) is 9.33. The number of aromatic nitrogens is 2. The van der Waals surface area contributed by atoms with Crippen molar-refractivity contribution in [3.8, 4) is 0 Å². The van der Waals surface area contributed by atoms with Crippen molar-refractivity contribution in [1.82, 2.24) is 9.97 Å². The van der Waals surface area contributed by atoms with Crippen LogP contribution in [0.2, 0.25) is 0 Å². The molecule has 2 N–H and O–H groups in total. The van der Waals surface area contributed by atoms with Crippen molar-refractivity contribution in [1.29, 1.82) is 0 Å². The summed E-state index contributed by atoms with van der Waals surface area (Å²) in [5.41, 5.74) is 0.657. The molecule has 18 heavy (non-hydrogen) atoms. The van der Waals surface area contributed by atoms with Crippen LogP contribution in [-0.2, 0) is 0 Å². The number of benzene rings is 1. The topological polar surface area (TPSA) is 93.0 Å². The van der Waals surface area contributed by atoms with E-state index in [1.54, 1.807) is 7.05 Å². The van der Waals surface area contributed by atoms with Crippen LogP contribution < -0.4 is 10.6 Å². The van der Waals surface area contributed by atoms with E-state index in [4.69, 9.17) is 0 Å². The lowest BCUT2D eigenvalue weighted by atomic mass is 10.3. The van der Waals surface area contributed by atoms with Crippen molar-refractivity contribution in [2.24, 2.45) is 0 Å². The molecular formula is C11H11N5O2. The molecule has 0 radical (unpaired) electrons. The monoisotopic (exact) mass is 245 g/mol. The van der Waals surface area contributed by atoms with E-state index in [-0.39, 0.29) is 11.5 Å². The summed E-state index contributed by atoms with van der Waals surface area (Å²) in [6.45, 7) is 0. The van der Waals surface area contributed by atoms with Crippen LogP contribution in [0, 0.1) is 10.1 Å². The average Bonchev–Trinajstić information content (AvgIpc) is 2.39. The fourth-order valence-electron chi connectivity index (χ4n) is 1.40. The third-order valence-electron chi connectivity index (χ3n) is 2.23. The summed E-state index contributed by atoms with van der Waals surface area (Å²) in [7, 11) is 1.57. The molecular weight excluding hydrogens is 234 g/mol. The van der Waals surface area contributed by atoms with E-state index in [0.29, 0.717) is 5.95 Å². The number of anilines is 3. The molecule has 1 aromatic carbocycles. The van der Waals surface area contributed by atoms with Crippen molar-refractivity contribution in [3.63, 3.8) is 0 Å². The maximum absolute atomic E-state index is 10.7. The lowest BCUT2D eigenvalue weighted by Crippen LogP contribution is -2.04. The molecule has 0 fully saturated rings. The second-order valence-electron chi connectivity index (χ2n) is 3.43. The lowest BCUT2D eigenvalue weighted by molar-refractivity contribution is -0.384. The summed E-state index contributed by atoms with van der Waals surface area (Å²) < 4.78 is 0. The van der Waals surface area contributed by atoms with E-state index in [9.17, 15) is 10.1 Å². The molecule has 0 aliphatic rings. The molecule has 2 rings (SSSR count). The first kappa shape index (κ1) is 11.8. The highest BCUT2D eigenvalue weighted by Crippen LogP contribution is 2.22. The predicted molar refractivity (Wildman–Crippen MR) is 68.0 cm³/mol. The van der Waals surface area contributed by atoms with Gasteiger partial charge in [0.25, 0.3) is 0 Å². The highest BCUT2D eigenvalue weighted by atomic mass is 16.6. The minimum absolute atomic E-state index is 0.156. The molecule has 0 bridgehead atoms. The normalized spacial score (nSPS) is 9.83. The molecule has 0 aliphatic carbocycles. The first-order chi connectivity index (χ1) is 8.70. The van der Waals surface area contributed by atoms with Gasteiger partial charge in [0.1, 0.15) is 6.20 Å². The smallest absolute Gasteiger partial charge is 0.329 e. The minimum atomic E-state index is -0.530. The van der Waals surface area contributed by atoms with Gasteiger partial charge in [-0.2, -0.15) is 4.98 Å². The Labute approximate surface area is 103 Å². The van der Waals surface area contributed by atoms with E-state index < -0.39 is 4.92 Å². The van der Waals surface area contributed by atoms with Crippen LogP contribution in [0.4, 0.5) is 23.1 Å². The first-order valence-electron chi connectivity index (χ1n) is 5.22. The molecule has 0 spiro atoms. The molecule has 0 saturated heterocycles. The number of nitrogens with one attached hydrogen (secondary N) is 2. The van der Waals surface area contributed by atoms with Crippen molar-refractivity contribution >= 4 is 23.1 Å². The van der Waals surface area contributed by atoms with Gasteiger partial charge in [0.15, 0.2) is 0 Å². The van der Waals surface area contributed by atoms with Crippen LogP contribution in [0.3, 0.4) is 0 Å². The van der Waals surface area contributed by atoms with Gasteiger partial charge in [-0.25, -0.2) is 4.98 Å². The van der Waals surface area contributed by atoms with Crippen LogP contribution in [0.5, 0.6) is 0 Å². The Hall–Kier alpha value is -2.70. The van der Waals surface area contributed by atoms with E-state index in [1.807, 2.05) is 30.3 Å². The zero-order valence-electron chi connectivity index (χ0n) is 9.62. The van der Waals surface area contributed by atoms with Gasteiger partial charge in [0.2, 0.25) is 11.8 Å². The highest BCUT2D eigenvalue weighted by Gasteiger charge is 2.15. The van der Waals surface area contributed by atoms with E-state index >= 15 is 0 Å². The Kier molecular flexibility index (Phi) is 3.33. The SMILES string of the molecule is CNc1nc(Nc2ccccc2)ncc1[N+](=O)[O-]. The molecule has 7 heteroatoms. The van der Waals surface area contributed by atoms with E-state index in [1.165, 1.54) is 6.20 Å². The third kappa shape index (κ3) is 2.51. The highest BCUT2D eigenvalue weighted by molar-refractivity contribution is 5.60. The molecule has 92 valence electrons. The van der Waals surface area contributed by atoms with Crippen molar-refractivity contribution in [3.05, 3.63) is 46.6 Å². The molecule has 0 saturated carbocycles. The lowest BCUT2D eigenvalue weighted by Gasteiger charge is -2.06. The van der Waals surface area contributed by atoms with Gasteiger partial charge in [-0.3, -0.25) is 10.1 Å². The van der Waals surface area contributed by atoms with Gasteiger partial charge in [0, 0.05) is 12.7 Å². The largest absolute Gasteiger partial charge is 0.367 e. The Balaban J connectivity index is 2.28. The first-order valence-corrected chi connectivity index (χ1v) is 5.22. The fourth-order valence-corrected chi connectivity index (χ4v) is 1.40. The summed E-state index contributed by atoms with van der Waals surface area (Å²) >= 11 is 0. The van der Waals surface area contributed by atoms with E-state index in [2.05, 4.69) is 20.6 Å². The summed E-state index contributed by atoms with van der Waals surface area (Å²) in [5, 5.41) is 16.3. The molecule has 0 amide bonds. The third-order valence-corrected chi connectivity index (χ3v) is 2.23. The van der Waals surface area contributed by atoms with Gasteiger partial charge in [-0.1, -0.05) is 18.2 Å². The maximum Gasteiger partial charge on any atom is 0.329 e.